The van der Waals surface area contributed by atoms with Crippen molar-refractivity contribution in [2.75, 3.05) is 18.5 Å². The lowest BCUT2D eigenvalue weighted by atomic mass is 10.1. The number of ether oxygens (including phenoxy) is 1. The van der Waals surface area contributed by atoms with Crippen LogP contribution in [0.5, 0.6) is 5.75 Å². The number of nitrogens with zero attached hydrogens (tertiary/aromatic N) is 1. The van der Waals surface area contributed by atoms with E-state index in [1.165, 1.54) is 30.6 Å². The SMILES string of the molecule is COc1ccccc1N(C)S(=O)(=O)c1ccc(C)c(C(=O)NC2CC2)c1. The second kappa shape index (κ2) is 6.99. The summed E-state index contributed by atoms with van der Waals surface area (Å²) in [4.78, 5) is 12.5. The van der Waals surface area contributed by atoms with Gasteiger partial charge in [-0.05, 0) is 49.6 Å². The fourth-order valence-corrected chi connectivity index (χ4v) is 3.91. The van der Waals surface area contributed by atoms with E-state index in [1.807, 2.05) is 0 Å². The predicted molar refractivity (Wildman–Crippen MR) is 100 cm³/mol. The molecule has 0 aromatic heterocycles. The minimum atomic E-state index is -3.84. The standard InChI is InChI=1S/C19H22N2O4S/c1-13-8-11-15(12-16(13)19(22)20-14-9-10-14)26(23,24)21(2)17-6-4-5-7-18(17)25-3/h4-8,11-12,14H,9-10H2,1-3H3,(H,20,22). The molecule has 0 saturated heterocycles. The third-order valence-corrected chi connectivity index (χ3v) is 6.22. The van der Waals surface area contributed by atoms with Crippen LogP contribution in [-0.4, -0.2) is 34.5 Å². The van der Waals surface area contributed by atoms with E-state index in [-0.39, 0.29) is 16.8 Å². The smallest absolute Gasteiger partial charge is 0.264 e. The lowest BCUT2D eigenvalue weighted by molar-refractivity contribution is 0.0950. The molecule has 1 saturated carbocycles. The summed E-state index contributed by atoms with van der Waals surface area (Å²) < 4.78 is 32.5. The van der Waals surface area contributed by atoms with Crippen molar-refractivity contribution in [3.05, 3.63) is 53.6 Å². The predicted octanol–water partition coefficient (Wildman–Crippen LogP) is 2.72. The van der Waals surface area contributed by atoms with E-state index in [2.05, 4.69) is 5.32 Å². The summed E-state index contributed by atoms with van der Waals surface area (Å²) in [5.41, 5.74) is 1.55. The van der Waals surface area contributed by atoms with E-state index in [4.69, 9.17) is 4.74 Å². The van der Waals surface area contributed by atoms with E-state index in [0.29, 0.717) is 17.0 Å². The van der Waals surface area contributed by atoms with Gasteiger partial charge in [-0.2, -0.15) is 0 Å². The minimum Gasteiger partial charge on any atom is -0.495 e. The van der Waals surface area contributed by atoms with Crippen LogP contribution >= 0.6 is 0 Å². The molecule has 2 aromatic rings. The molecule has 1 amide bonds. The largest absolute Gasteiger partial charge is 0.495 e. The molecular weight excluding hydrogens is 352 g/mol. The average molecular weight is 374 g/mol. The summed E-state index contributed by atoms with van der Waals surface area (Å²) in [6, 6.07) is 11.7. The van der Waals surface area contributed by atoms with Crippen LogP contribution < -0.4 is 14.4 Å². The highest BCUT2D eigenvalue weighted by atomic mass is 32.2. The van der Waals surface area contributed by atoms with Crippen LogP contribution in [0.15, 0.2) is 47.4 Å². The number of methoxy groups -OCH3 is 1. The second-order valence-electron chi connectivity index (χ2n) is 6.37. The number of amides is 1. The molecule has 2 aromatic carbocycles. The number of benzene rings is 2. The molecule has 6 nitrogen and oxygen atoms in total. The zero-order valence-corrected chi connectivity index (χ0v) is 15.8. The molecule has 7 heteroatoms. The first-order valence-electron chi connectivity index (χ1n) is 8.38. The number of nitrogens with one attached hydrogen (secondary N) is 1. The number of anilines is 1. The molecule has 0 aliphatic heterocycles. The van der Waals surface area contributed by atoms with Gasteiger partial charge in [-0.1, -0.05) is 18.2 Å². The molecule has 1 aliphatic carbocycles. The molecule has 0 atom stereocenters. The first kappa shape index (κ1) is 18.3. The molecule has 0 heterocycles. The van der Waals surface area contributed by atoms with Crippen molar-refractivity contribution in [1.29, 1.82) is 0 Å². The third-order valence-electron chi connectivity index (χ3n) is 4.45. The van der Waals surface area contributed by atoms with Crippen LogP contribution in [0.1, 0.15) is 28.8 Å². The van der Waals surface area contributed by atoms with Crippen molar-refractivity contribution in [1.82, 2.24) is 5.32 Å². The van der Waals surface area contributed by atoms with Gasteiger partial charge < -0.3 is 10.1 Å². The highest BCUT2D eigenvalue weighted by molar-refractivity contribution is 7.92. The van der Waals surface area contributed by atoms with E-state index in [9.17, 15) is 13.2 Å². The molecule has 0 spiro atoms. The van der Waals surface area contributed by atoms with Gasteiger partial charge in [0.25, 0.3) is 15.9 Å². The van der Waals surface area contributed by atoms with Crippen LogP contribution in [0, 0.1) is 6.92 Å². The zero-order valence-electron chi connectivity index (χ0n) is 15.0. The highest BCUT2D eigenvalue weighted by Crippen LogP contribution is 2.31. The normalized spacial score (nSPS) is 14.0. The number of carbonyl (C=O) groups excluding carboxylic acids is 1. The van der Waals surface area contributed by atoms with Gasteiger partial charge in [0.2, 0.25) is 0 Å². The maximum atomic E-state index is 13.1. The summed E-state index contributed by atoms with van der Waals surface area (Å²) in [5.74, 6) is 0.222. The van der Waals surface area contributed by atoms with Crippen molar-refractivity contribution in [2.45, 2.75) is 30.7 Å². The van der Waals surface area contributed by atoms with Gasteiger partial charge in [0.05, 0.1) is 17.7 Å². The summed E-state index contributed by atoms with van der Waals surface area (Å²) in [5, 5.41) is 2.90. The van der Waals surface area contributed by atoms with Gasteiger partial charge >= 0.3 is 0 Å². The van der Waals surface area contributed by atoms with Crippen molar-refractivity contribution >= 4 is 21.6 Å². The Hall–Kier alpha value is -2.54. The second-order valence-corrected chi connectivity index (χ2v) is 8.34. The Labute approximate surface area is 153 Å². The van der Waals surface area contributed by atoms with Crippen LogP contribution in [-0.2, 0) is 10.0 Å². The molecule has 0 bridgehead atoms. The molecule has 0 radical (unpaired) electrons. The highest BCUT2D eigenvalue weighted by Gasteiger charge is 2.27. The average Bonchev–Trinajstić information content (AvgIpc) is 3.45. The van der Waals surface area contributed by atoms with Gasteiger partial charge in [0.15, 0.2) is 0 Å². The number of carbonyl (C=O) groups is 1. The Morgan fingerprint density at radius 1 is 1.19 bits per heavy atom. The minimum absolute atomic E-state index is 0.0671. The van der Waals surface area contributed by atoms with E-state index < -0.39 is 10.0 Å². The Morgan fingerprint density at radius 2 is 1.88 bits per heavy atom. The number of hydrogen-bond acceptors (Lipinski definition) is 4. The number of hydrogen-bond donors (Lipinski definition) is 1. The topological polar surface area (TPSA) is 75.7 Å². The Kier molecular flexibility index (Phi) is 4.91. The van der Waals surface area contributed by atoms with Crippen LogP contribution in [0.25, 0.3) is 0 Å². The fourth-order valence-electron chi connectivity index (χ4n) is 2.67. The molecule has 138 valence electrons. The third kappa shape index (κ3) is 3.53. The van der Waals surface area contributed by atoms with Gasteiger partial charge in [-0.15, -0.1) is 0 Å². The van der Waals surface area contributed by atoms with E-state index in [0.717, 1.165) is 18.4 Å². The first-order chi connectivity index (χ1) is 12.3. The van der Waals surface area contributed by atoms with E-state index >= 15 is 0 Å². The number of aryl methyl sites for hydroxylation is 1. The van der Waals surface area contributed by atoms with E-state index in [1.54, 1.807) is 37.3 Å². The van der Waals surface area contributed by atoms with Crippen LogP contribution in [0.3, 0.4) is 0 Å². The number of rotatable bonds is 6. The zero-order chi connectivity index (χ0) is 18.9. The van der Waals surface area contributed by atoms with Crippen LogP contribution in [0.4, 0.5) is 5.69 Å². The van der Waals surface area contributed by atoms with Gasteiger partial charge in [0.1, 0.15) is 5.75 Å². The lowest BCUT2D eigenvalue weighted by Crippen LogP contribution is -2.29. The molecule has 3 rings (SSSR count). The van der Waals surface area contributed by atoms with Crippen molar-refractivity contribution in [3.8, 4) is 5.75 Å². The molecule has 0 unspecified atom stereocenters. The molecule has 1 N–H and O–H groups in total. The molecule has 1 aliphatic rings. The summed E-state index contributed by atoms with van der Waals surface area (Å²) in [6.07, 6.45) is 1.94. The van der Waals surface area contributed by atoms with Gasteiger partial charge in [0, 0.05) is 18.7 Å². The summed E-state index contributed by atoms with van der Waals surface area (Å²) in [7, 11) is -0.876. The van der Waals surface area contributed by atoms with Crippen molar-refractivity contribution in [2.24, 2.45) is 0 Å². The van der Waals surface area contributed by atoms with Gasteiger partial charge in [-0.3, -0.25) is 9.10 Å². The Balaban J connectivity index is 1.97. The van der Waals surface area contributed by atoms with Crippen LogP contribution in [0.2, 0.25) is 0 Å². The summed E-state index contributed by atoms with van der Waals surface area (Å²) >= 11 is 0. The summed E-state index contributed by atoms with van der Waals surface area (Å²) in [6.45, 7) is 1.79. The van der Waals surface area contributed by atoms with Crippen molar-refractivity contribution < 1.29 is 17.9 Å². The fraction of sp³-hybridized carbons (Fsp3) is 0.316. The number of sulfonamides is 1. The lowest BCUT2D eigenvalue weighted by Gasteiger charge is -2.22. The molecule has 26 heavy (non-hydrogen) atoms. The maximum Gasteiger partial charge on any atom is 0.264 e. The Bertz CT molecular complexity index is 936. The van der Waals surface area contributed by atoms with Crippen molar-refractivity contribution in [3.63, 3.8) is 0 Å². The maximum absolute atomic E-state index is 13.1. The van der Waals surface area contributed by atoms with Gasteiger partial charge in [-0.25, -0.2) is 8.42 Å². The quantitative estimate of drug-likeness (QED) is 0.844. The number of para-hydroxylation sites is 2. The molecular formula is C19H22N2O4S. The monoisotopic (exact) mass is 374 g/mol. The Morgan fingerprint density at radius 3 is 2.54 bits per heavy atom. The molecule has 1 fully saturated rings. The first-order valence-corrected chi connectivity index (χ1v) is 9.82.